The van der Waals surface area contributed by atoms with E-state index in [0.29, 0.717) is 29.7 Å². The Kier molecular flexibility index (Phi) is 7.92. The average Bonchev–Trinajstić information content (AvgIpc) is 2.98. The van der Waals surface area contributed by atoms with Gasteiger partial charge in [0.25, 0.3) is 5.91 Å². The number of carbonyl (C=O) groups excluding carboxylic acids is 1. The average molecular weight is 526 g/mol. The first-order chi connectivity index (χ1) is 19.0. The lowest BCUT2D eigenvalue weighted by Crippen LogP contribution is -2.36. The molecular weight excluding hydrogens is 498 g/mol. The third kappa shape index (κ3) is 6.86. The molecule has 2 aromatic carbocycles. The maximum absolute atomic E-state index is 12.7. The monoisotopic (exact) mass is 525 g/mol. The number of nitrogens with zero attached hydrogens (tertiary/aromatic N) is 4. The fraction of sp³-hybridized carbons (Fsp3) is 0.207. The highest BCUT2D eigenvalue weighted by atomic mass is 16.5. The van der Waals surface area contributed by atoms with Crippen LogP contribution < -0.4 is 19.7 Å². The predicted octanol–water partition coefficient (Wildman–Crippen LogP) is 4.91. The van der Waals surface area contributed by atoms with Crippen LogP contribution in [-0.2, 0) is 0 Å². The van der Waals surface area contributed by atoms with Crippen LogP contribution in [0.4, 0.5) is 11.5 Å². The van der Waals surface area contributed by atoms with Gasteiger partial charge in [-0.1, -0.05) is 18.2 Å². The van der Waals surface area contributed by atoms with Gasteiger partial charge in [0.2, 0.25) is 0 Å². The number of hydrogen-bond acceptors (Lipinski definition) is 8. The Hall–Kier alpha value is -4.99. The molecule has 10 heteroatoms. The molecule has 39 heavy (non-hydrogen) atoms. The number of nitrogens with one attached hydrogen (secondary N) is 1. The van der Waals surface area contributed by atoms with Crippen LogP contribution in [0.5, 0.6) is 17.5 Å². The van der Waals surface area contributed by atoms with Crippen molar-refractivity contribution in [3.63, 3.8) is 0 Å². The summed E-state index contributed by atoms with van der Waals surface area (Å²) in [6.07, 6.45) is 5.01. The van der Waals surface area contributed by atoms with Crippen LogP contribution in [0.3, 0.4) is 0 Å². The van der Waals surface area contributed by atoms with Crippen LogP contribution >= 0.6 is 0 Å². The number of carboxylic acids is 1. The van der Waals surface area contributed by atoms with E-state index in [0.717, 1.165) is 31.7 Å². The quantitative estimate of drug-likeness (QED) is 0.313. The molecule has 0 unspecified atom stereocenters. The Morgan fingerprint density at radius 1 is 0.923 bits per heavy atom. The first kappa shape index (κ1) is 25.7. The van der Waals surface area contributed by atoms with Crippen molar-refractivity contribution < 1.29 is 24.2 Å². The number of carboxylic acid groups (broad SMARTS) is 1. The highest BCUT2D eigenvalue weighted by Gasteiger charge is 2.21. The number of amides is 1. The number of anilines is 2. The SMILES string of the molecule is O=C(O)c1ccc(OCC2CCN(c3ccc(NC(=O)c4ccnc(Oc5ccccc5)n4)cn3)CC2)cc1. The van der Waals surface area contributed by atoms with E-state index >= 15 is 0 Å². The zero-order chi connectivity index (χ0) is 27.0. The second-order valence-electron chi connectivity index (χ2n) is 9.07. The first-order valence-electron chi connectivity index (χ1n) is 12.6. The molecule has 10 nitrogen and oxygen atoms in total. The van der Waals surface area contributed by atoms with Gasteiger partial charge in [-0.3, -0.25) is 4.79 Å². The zero-order valence-electron chi connectivity index (χ0n) is 21.1. The summed E-state index contributed by atoms with van der Waals surface area (Å²) < 4.78 is 11.5. The van der Waals surface area contributed by atoms with Gasteiger partial charge in [-0.15, -0.1) is 0 Å². The van der Waals surface area contributed by atoms with Gasteiger partial charge in [0.05, 0.1) is 24.1 Å². The Morgan fingerprint density at radius 2 is 1.69 bits per heavy atom. The number of piperidine rings is 1. The van der Waals surface area contributed by atoms with Crippen molar-refractivity contribution in [3.05, 3.63) is 96.4 Å². The highest BCUT2D eigenvalue weighted by molar-refractivity contribution is 6.02. The molecule has 2 aromatic heterocycles. The number of carbonyl (C=O) groups is 2. The Labute approximate surface area is 225 Å². The van der Waals surface area contributed by atoms with Crippen LogP contribution in [0.1, 0.15) is 33.7 Å². The third-order valence-electron chi connectivity index (χ3n) is 6.35. The van der Waals surface area contributed by atoms with Crippen LogP contribution in [0, 0.1) is 5.92 Å². The maximum atomic E-state index is 12.7. The Balaban J connectivity index is 1.10. The first-order valence-corrected chi connectivity index (χ1v) is 12.6. The van der Waals surface area contributed by atoms with E-state index in [9.17, 15) is 9.59 Å². The summed E-state index contributed by atoms with van der Waals surface area (Å²) in [4.78, 5) is 38.7. The van der Waals surface area contributed by atoms with Crippen molar-refractivity contribution >= 4 is 23.4 Å². The van der Waals surface area contributed by atoms with E-state index < -0.39 is 5.97 Å². The molecule has 1 aliphatic heterocycles. The lowest BCUT2D eigenvalue weighted by Gasteiger charge is -2.32. The van der Waals surface area contributed by atoms with Crippen molar-refractivity contribution in [1.29, 1.82) is 0 Å². The Morgan fingerprint density at radius 3 is 2.38 bits per heavy atom. The molecule has 0 saturated carbocycles. The minimum atomic E-state index is -0.952. The van der Waals surface area contributed by atoms with Crippen molar-refractivity contribution in [2.75, 3.05) is 29.9 Å². The lowest BCUT2D eigenvalue weighted by atomic mass is 9.98. The number of rotatable bonds is 9. The number of ether oxygens (including phenoxy) is 2. The largest absolute Gasteiger partial charge is 0.493 e. The number of benzene rings is 2. The van der Waals surface area contributed by atoms with Crippen molar-refractivity contribution in [3.8, 4) is 17.5 Å². The van der Waals surface area contributed by atoms with Gasteiger partial charge < -0.3 is 24.8 Å². The summed E-state index contributed by atoms with van der Waals surface area (Å²) in [6.45, 7) is 2.27. The van der Waals surface area contributed by atoms with Crippen molar-refractivity contribution in [2.24, 2.45) is 5.92 Å². The summed E-state index contributed by atoms with van der Waals surface area (Å²) in [7, 11) is 0. The molecule has 1 fully saturated rings. The van der Waals surface area contributed by atoms with Crippen molar-refractivity contribution in [1.82, 2.24) is 15.0 Å². The molecular formula is C29H27N5O5. The van der Waals surface area contributed by atoms with Gasteiger partial charge in [-0.2, -0.15) is 4.98 Å². The van der Waals surface area contributed by atoms with Crippen molar-refractivity contribution in [2.45, 2.75) is 12.8 Å². The van der Waals surface area contributed by atoms with Gasteiger partial charge in [-0.25, -0.2) is 14.8 Å². The number of hydrogen-bond donors (Lipinski definition) is 2. The second kappa shape index (κ2) is 12.0. The van der Waals surface area contributed by atoms with E-state index in [1.165, 1.54) is 12.3 Å². The molecule has 0 spiro atoms. The van der Waals surface area contributed by atoms with Gasteiger partial charge in [0.15, 0.2) is 0 Å². The van der Waals surface area contributed by atoms with E-state index in [1.807, 2.05) is 30.3 Å². The molecule has 0 atom stereocenters. The number of aromatic carboxylic acids is 1. The zero-order valence-corrected chi connectivity index (χ0v) is 21.1. The molecule has 0 bridgehead atoms. The van der Waals surface area contributed by atoms with E-state index in [4.69, 9.17) is 14.6 Å². The molecule has 0 radical (unpaired) electrons. The van der Waals surface area contributed by atoms with Crippen LogP contribution in [0.25, 0.3) is 0 Å². The van der Waals surface area contributed by atoms with Gasteiger partial charge in [0.1, 0.15) is 23.0 Å². The number of pyridine rings is 1. The molecule has 1 aliphatic rings. The summed E-state index contributed by atoms with van der Waals surface area (Å²) in [5, 5.41) is 11.8. The normalized spacial score (nSPS) is 13.5. The molecule has 3 heterocycles. The lowest BCUT2D eigenvalue weighted by molar-refractivity contribution is 0.0696. The minimum absolute atomic E-state index is 0.0900. The van der Waals surface area contributed by atoms with Crippen LogP contribution in [0.15, 0.2) is 85.2 Å². The van der Waals surface area contributed by atoms with Gasteiger partial charge in [-0.05, 0) is 73.4 Å². The molecule has 0 aliphatic carbocycles. The predicted molar refractivity (Wildman–Crippen MR) is 145 cm³/mol. The molecule has 5 rings (SSSR count). The highest BCUT2D eigenvalue weighted by Crippen LogP contribution is 2.24. The molecule has 4 aromatic rings. The number of aromatic nitrogens is 3. The van der Waals surface area contributed by atoms with E-state index in [1.54, 1.807) is 42.6 Å². The third-order valence-corrected chi connectivity index (χ3v) is 6.35. The van der Waals surface area contributed by atoms with E-state index in [-0.39, 0.29) is 23.2 Å². The summed E-state index contributed by atoms with van der Waals surface area (Å²) >= 11 is 0. The van der Waals surface area contributed by atoms with Crippen LogP contribution in [-0.4, -0.2) is 51.6 Å². The van der Waals surface area contributed by atoms with Gasteiger partial charge in [0, 0.05) is 19.3 Å². The topological polar surface area (TPSA) is 127 Å². The second-order valence-corrected chi connectivity index (χ2v) is 9.07. The molecule has 1 saturated heterocycles. The standard InChI is InChI=1S/C29H27N5O5/c35-27(25-12-15-30-29(33-25)39-24-4-2-1-3-5-24)32-22-8-11-26(31-18-22)34-16-13-20(14-17-34)19-38-23-9-6-21(7-10-23)28(36)37/h1-12,15,18,20H,13-14,16-17,19H2,(H,32,35)(H,36,37). The molecule has 2 N–H and O–H groups in total. The maximum Gasteiger partial charge on any atom is 0.335 e. The van der Waals surface area contributed by atoms with Gasteiger partial charge >= 0.3 is 12.0 Å². The molecule has 198 valence electrons. The summed E-state index contributed by atoms with van der Waals surface area (Å²) in [5.74, 6) is 1.16. The fourth-order valence-corrected chi connectivity index (χ4v) is 4.19. The number of para-hydroxylation sites is 1. The fourth-order valence-electron chi connectivity index (χ4n) is 4.19. The van der Waals surface area contributed by atoms with Crippen LogP contribution in [0.2, 0.25) is 0 Å². The smallest absolute Gasteiger partial charge is 0.335 e. The summed E-state index contributed by atoms with van der Waals surface area (Å²) in [6, 6.07) is 20.9. The Bertz CT molecular complexity index is 1410. The minimum Gasteiger partial charge on any atom is -0.493 e. The van der Waals surface area contributed by atoms with E-state index in [2.05, 4.69) is 25.2 Å². The summed E-state index contributed by atoms with van der Waals surface area (Å²) in [5.41, 5.74) is 0.984. The molecule has 1 amide bonds.